The van der Waals surface area contributed by atoms with Gasteiger partial charge in [-0.15, -0.1) is 0 Å². The maximum atomic E-state index is 0. The molecule has 0 aliphatic rings. The third-order valence-electron chi connectivity index (χ3n) is 0. The van der Waals surface area contributed by atoms with Gasteiger partial charge in [0.1, 0.15) is 0 Å². The molecule has 10 valence electrons. The molecule has 0 unspecified atom stereocenters. The van der Waals surface area contributed by atoms with Crippen molar-refractivity contribution < 1.29 is 18.9 Å². The van der Waals surface area contributed by atoms with Crippen LogP contribution in [0.25, 0.3) is 6.15 Å². The molecular weight excluding hydrogens is 34.8 g/mol. The fourth-order valence-electron chi connectivity index (χ4n) is 0. The number of nitrogens with two attached hydrogens (primary N) is 1. The van der Waals surface area contributed by atoms with Crippen molar-refractivity contribution in [1.29, 1.82) is 0 Å². The molecule has 0 aromatic carbocycles. The Morgan fingerprint density at radius 3 is 0.750 bits per heavy atom. The minimum atomic E-state index is 0. The van der Waals surface area contributed by atoms with Crippen LogP contribution in [-0.4, -0.2) is 37.7 Å². The van der Waals surface area contributed by atoms with Crippen LogP contribution >= 0.6 is 0 Å². The van der Waals surface area contributed by atoms with Crippen molar-refractivity contribution in [3.63, 3.8) is 0 Å². The van der Waals surface area contributed by atoms with Crippen molar-refractivity contribution in [3.8, 4) is 0 Å². The Balaban J connectivity index is 0. The van der Waals surface area contributed by atoms with Gasteiger partial charge in [-0.3, -0.25) is 0 Å². The zero-order valence-corrected chi connectivity index (χ0v) is 3.58. The molecule has 0 aromatic rings. The van der Waals surface area contributed by atoms with Crippen LogP contribution in [0, 0.1) is 0 Å². The van der Waals surface area contributed by atoms with Crippen LogP contribution in [0.1, 0.15) is 0 Å². The van der Waals surface area contributed by atoms with E-state index in [0.29, 0.717) is 0 Å². The largest absolute Gasteiger partial charge is 1.00 e. The second-order valence-electron chi connectivity index (χ2n) is 0. The van der Waals surface area contributed by atoms with E-state index in [4.69, 9.17) is 0 Å². The van der Waals surface area contributed by atoms with E-state index in [2.05, 4.69) is 0 Å². The minimum Gasteiger partial charge on any atom is -0.693 e. The van der Waals surface area contributed by atoms with Gasteiger partial charge >= 0.3 is 18.9 Å². The average Bonchev–Trinajstić information content (AvgIpc) is 0. The quantitative estimate of drug-likeness (QED) is 0.256. The molecule has 0 atom stereocenters. The summed E-state index contributed by atoms with van der Waals surface area (Å²) in [6.07, 6.45) is 0. The van der Waals surface area contributed by atoms with E-state index in [1.54, 1.807) is 0 Å². The van der Waals surface area contributed by atoms with Gasteiger partial charge in [-0.25, -0.2) is 0 Å². The average molecular weight is 36.8 g/mol. The van der Waals surface area contributed by atoms with Crippen LogP contribution in [0.5, 0.6) is 0 Å². The van der Waals surface area contributed by atoms with Crippen molar-refractivity contribution in [2.45, 2.75) is 0 Å². The summed E-state index contributed by atoms with van der Waals surface area (Å²) >= 11 is 0. The molecule has 0 heterocycles. The topological polar surface area (TPSA) is 33.5 Å². The van der Waals surface area contributed by atoms with Gasteiger partial charge in [0.05, 0.1) is 0 Å². The van der Waals surface area contributed by atoms with Gasteiger partial charge < -0.3 is 6.15 Å². The zero-order valence-electron chi connectivity index (χ0n) is 3.58. The third kappa shape index (κ3) is 9.26. The Bertz CT molecular complexity index is 3.25. The van der Waals surface area contributed by atoms with E-state index in [1.807, 2.05) is 0 Å². The molecule has 4 heteroatoms. The van der Waals surface area contributed by atoms with Gasteiger partial charge in [-0.05, 0) is 0 Å². The van der Waals surface area contributed by atoms with Gasteiger partial charge in [0.15, 0.2) is 0 Å². The van der Waals surface area contributed by atoms with E-state index in [0.717, 1.165) is 0 Å². The van der Waals surface area contributed by atoms with Crippen molar-refractivity contribution >= 4 is 37.7 Å². The standard InChI is InChI=1S/3Li.H2N/h;;;1H2/q;;+1;-1. The first-order chi connectivity index (χ1) is 0. The van der Waals surface area contributed by atoms with Crippen molar-refractivity contribution in [1.82, 2.24) is 0 Å². The molecule has 1 nitrogen and oxygen atoms in total. The fraction of sp³-hybridized carbons (Fsp3) is 0. The van der Waals surface area contributed by atoms with E-state index >= 15 is 0 Å². The molecule has 0 spiro atoms. The second-order valence-corrected chi connectivity index (χ2v) is 0. The van der Waals surface area contributed by atoms with E-state index < -0.39 is 0 Å². The number of hydrogen-bond donors (Lipinski definition) is 0. The molecule has 2 N–H and O–H groups in total. The molecule has 0 rings (SSSR count). The van der Waals surface area contributed by atoms with E-state index in [1.165, 1.54) is 0 Å². The molecule has 0 bridgehead atoms. The van der Waals surface area contributed by atoms with Crippen LogP contribution in [0.2, 0.25) is 0 Å². The molecule has 0 saturated heterocycles. The predicted molar refractivity (Wildman–Crippen MR) is 16.8 cm³/mol. The normalized spacial score (nSPS) is 0. The first kappa shape index (κ1) is 42.3. The van der Waals surface area contributed by atoms with Crippen LogP contribution in [0.3, 0.4) is 0 Å². The molecule has 0 saturated carbocycles. The second kappa shape index (κ2) is 21.8. The molecule has 2 radical (unpaired) electrons. The molecule has 0 aliphatic heterocycles. The Labute approximate surface area is 62.4 Å². The summed E-state index contributed by atoms with van der Waals surface area (Å²) < 4.78 is 0. The first-order valence-corrected chi connectivity index (χ1v) is 0. The Morgan fingerprint density at radius 2 is 0.750 bits per heavy atom. The summed E-state index contributed by atoms with van der Waals surface area (Å²) in [6, 6.07) is 0. The Kier molecular flexibility index (Phi) is 231. The van der Waals surface area contributed by atoms with Crippen molar-refractivity contribution in [2.24, 2.45) is 0 Å². The predicted octanol–water partition coefficient (Wildman–Crippen LogP) is -3.04. The van der Waals surface area contributed by atoms with Crippen LogP contribution in [0.15, 0.2) is 0 Å². The maximum absolute atomic E-state index is 0. The molecular formula is H2Li3N. The van der Waals surface area contributed by atoms with Gasteiger partial charge in [0, 0.05) is 37.7 Å². The summed E-state index contributed by atoms with van der Waals surface area (Å²) in [6.45, 7) is 0. The summed E-state index contributed by atoms with van der Waals surface area (Å²) in [7, 11) is 0. The Morgan fingerprint density at radius 1 is 0.750 bits per heavy atom. The smallest absolute Gasteiger partial charge is 0.693 e. The van der Waals surface area contributed by atoms with E-state index in [9.17, 15) is 0 Å². The summed E-state index contributed by atoms with van der Waals surface area (Å²) in [5.41, 5.74) is 0. The van der Waals surface area contributed by atoms with Gasteiger partial charge in [0.2, 0.25) is 0 Å². The van der Waals surface area contributed by atoms with Gasteiger partial charge in [-0.2, -0.15) is 0 Å². The zero-order chi connectivity index (χ0) is 0. The van der Waals surface area contributed by atoms with Crippen LogP contribution < -0.4 is 18.9 Å². The van der Waals surface area contributed by atoms with Crippen molar-refractivity contribution in [2.75, 3.05) is 0 Å². The fourth-order valence-corrected chi connectivity index (χ4v) is 0. The number of hydrogen-bond acceptors (Lipinski definition) is 0. The van der Waals surface area contributed by atoms with E-state index in [-0.39, 0.29) is 62.7 Å². The monoisotopic (exact) mass is 37.1 g/mol. The molecule has 0 fully saturated rings. The van der Waals surface area contributed by atoms with Gasteiger partial charge in [0.25, 0.3) is 0 Å². The van der Waals surface area contributed by atoms with Crippen LogP contribution in [-0.2, 0) is 0 Å². The summed E-state index contributed by atoms with van der Waals surface area (Å²) in [5.74, 6) is 0. The summed E-state index contributed by atoms with van der Waals surface area (Å²) in [5, 5.41) is 0. The van der Waals surface area contributed by atoms with Gasteiger partial charge in [-0.1, -0.05) is 0 Å². The molecule has 0 aliphatic carbocycles. The first-order valence-electron chi connectivity index (χ1n) is 0. The Hall–Kier alpha value is 1.75. The minimum absolute atomic E-state index is 0. The SMILES string of the molecule is [Li+].[Li].[Li].[NH2-]. The molecule has 4 heavy (non-hydrogen) atoms. The number of rotatable bonds is 0. The maximum Gasteiger partial charge on any atom is 1.00 e. The van der Waals surface area contributed by atoms with Crippen LogP contribution in [0.4, 0.5) is 0 Å². The summed E-state index contributed by atoms with van der Waals surface area (Å²) in [4.78, 5) is 0. The molecule has 0 amide bonds. The molecule has 0 aromatic heterocycles. The van der Waals surface area contributed by atoms with Crippen molar-refractivity contribution in [3.05, 3.63) is 6.15 Å². The third-order valence-corrected chi connectivity index (χ3v) is 0.